The Morgan fingerprint density at radius 1 is 1.38 bits per heavy atom. The number of hydrogen-bond donors (Lipinski definition) is 1. The smallest absolute Gasteiger partial charge is 0.0983 e. The van der Waals surface area contributed by atoms with E-state index in [1.165, 1.54) is 12.8 Å². The summed E-state index contributed by atoms with van der Waals surface area (Å²) in [7, 11) is 0. The van der Waals surface area contributed by atoms with Crippen LogP contribution in [0.5, 0.6) is 0 Å². The molecule has 0 radical (unpaired) electrons. The fourth-order valence-electron chi connectivity index (χ4n) is 1.52. The molecule has 0 aliphatic heterocycles. The van der Waals surface area contributed by atoms with Crippen LogP contribution in [0.3, 0.4) is 0 Å². The van der Waals surface area contributed by atoms with Crippen molar-refractivity contribution in [3.8, 4) is 0 Å². The summed E-state index contributed by atoms with van der Waals surface area (Å²) in [5.41, 5.74) is 0.942. The van der Waals surface area contributed by atoms with Gasteiger partial charge in [0.15, 0.2) is 0 Å². The molecular formula is C13H23NOS. The van der Waals surface area contributed by atoms with Gasteiger partial charge in [0, 0.05) is 10.8 Å². The number of nitrogens with zero attached hydrogens (tertiary/aromatic N) is 1. The molecule has 1 aromatic heterocycles. The second kappa shape index (κ2) is 5.78. The molecule has 2 nitrogen and oxygen atoms in total. The van der Waals surface area contributed by atoms with Crippen LogP contribution in [0, 0.1) is 0 Å². The summed E-state index contributed by atoms with van der Waals surface area (Å²) in [6.07, 6.45) is 3.92. The zero-order chi connectivity index (χ0) is 12.2. The van der Waals surface area contributed by atoms with Crippen LogP contribution in [0.25, 0.3) is 0 Å². The van der Waals surface area contributed by atoms with E-state index in [0.717, 1.165) is 23.5 Å². The Hall–Kier alpha value is -0.410. The minimum absolute atomic E-state index is 0.0893. The Kier molecular flexibility index (Phi) is 4.93. The van der Waals surface area contributed by atoms with E-state index in [4.69, 9.17) is 0 Å². The first kappa shape index (κ1) is 13.7. The molecule has 1 unspecified atom stereocenters. The van der Waals surface area contributed by atoms with E-state index >= 15 is 0 Å². The van der Waals surface area contributed by atoms with Gasteiger partial charge in [-0.15, -0.1) is 11.3 Å². The molecule has 1 rings (SSSR count). The van der Waals surface area contributed by atoms with Gasteiger partial charge in [-0.25, -0.2) is 4.98 Å². The SMILES string of the molecule is CCCCCC(O)c1csc(C(C)(C)C)n1. The minimum atomic E-state index is -0.376. The third-order valence-electron chi connectivity index (χ3n) is 2.59. The number of rotatable bonds is 5. The molecule has 1 aromatic rings. The monoisotopic (exact) mass is 241 g/mol. The summed E-state index contributed by atoms with van der Waals surface area (Å²) >= 11 is 1.65. The zero-order valence-electron chi connectivity index (χ0n) is 10.8. The van der Waals surface area contributed by atoms with Crippen molar-refractivity contribution in [2.75, 3.05) is 0 Å². The van der Waals surface area contributed by atoms with Gasteiger partial charge in [0.25, 0.3) is 0 Å². The van der Waals surface area contributed by atoms with E-state index in [1.54, 1.807) is 11.3 Å². The highest BCUT2D eigenvalue weighted by molar-refractivity contribution is 7.09. The average molecular weight is 241 g/mol. The minimum Gasteiger partial charge on any atom is -0.387 e. The summed E-state index contributed by atoms with van der Waals surface area (Å²) in [5, 5.41) is 13.1. The average Bonchev–Trinajstić information content (AvgIpc) is 2.66. The van der Waals surface area contributed by atoms with E-state index in [9.17, 15) is 5.11 Å². The molecule has 92 valence electrons. The molecule has 16 heavy (non-hydrogen) atoms. The van der Waals surface area contributed by atoms with Crippen LogP contribution in [0.2, 0.25) is 0 Å². The number of hydrogen-bond acceptors (Lipinski definition) is 3. The fourth-order valence-corrected chi connectivity index (χ4v) is 2.47. The lowest BCUT2D eigenvalue weighted by atomic mass is 9.98. The Morgan fingerprint density at radius 3 is 2.56 bits per heavy atom. The van der Waals surface area contributed by atoms with Gasteiger partial charge in [-0.2, -0.15) is 0 Å². The first-order valence-electron chi connectivity index (χ1n) is 6.09. The van der Waals surface area contributed by atoms with Gasteiger partial charge in [-0.1, -0.05) is 47.0 Å². The highest BCUT2D eigenvalue weighted by Gasteiger charge is 2.20. The maximum Gasteiger partial charge on any atom is 0.0983 e. The molecule has 1 atom stereocenters. The Bertz CT molecular complexity index is 314. The van der Waals surface area contributed by atoms with Crippen LogP contribution in [-0.2, 0) is 5.41 Å². The fraction of sp³-hybridized carbons (Fsp3) is 0.769. The Morgan fingerprint density at radius 2 is 2.06 bits per heavy atom. The third kappa shape index (κ3) is 3.87. The van der Waals surface area contributed by atoms with Crippen molar-refractivity contribution in [3.63, 3.8) is 0 Å². The van der Waals surface area contributed by atoms with Crippen molar-refractivity contribution >= 4 is 11.3 Å². The molecule has 0 spiro atoms. The first-order valence-corrected chi connectivity index (χ1v) is 6.97. The van der Waals surface area contributed by atoms with Gasteiger partial charge in [-0.3, -0.25) is 0 Å². The van der Waals surface area contributed by atoms with E-state index in [0.29, 0.717) is 0 Å². The van der Waals surface area contributed by atoms with Crippen LogP contribution in [0.15, 0.2) is 5.38 Å². The molecular weight excluding hydrogens is 218 g/mol. The summed E-state index contributed by atoms with van der Waals surface area (Å²) in [5.74, 6) is 0. The third-order valence-corrected chi connectivity index (χ3v) is 3.87. The first-order chi connectivity index (χ1) is 7.45. The second-order valence-electron chi connectivity index (χ2n) is 5.34. The van der Waals surface area contributed by atoms with Crippen LogP contribution < -0.4 is 0 Å². The Balaban J connectivity index is 2.56. The molecule has 0 aromatic carbocycles. The molecule has 0 saturated carbocycles. The van der Waals surface area contributed by atoms with Crippen LogP contribution in [0.1, 0.15) is 70.2 Å². The number of aliphatic hydroxyl groups is 1. The molecule has 1 heterocycles. The number of thiazole rings is 1. The predicted molar refractivity (Wildman–Crippen MR) is 69.9 cm³/mol. The topological polar surface area (TPSA) is 33.1 Å². The van der Waals surface area contributed by atoms with Crippen molar-refractivity contribution in [2.45, 2.75) is 64.9 Å². The molecule has 3 heteroatoms. The number of unbranched alkanes of at least 4 members (excludes halogenated alkanes) is 2. The van der Waals surface area contributed by atoms with Crippen molar-refractivity contribution in [1.82, 2.24) is 4.98 Å². The maximum absolute atomic E-state index is 9.97. The highest BCUT2D eigenvalue weighted by Crippen LogP contribution is 2.29. The Labute approximate surface area is 103 Å². The lowest BCUT2D eigenvalue weighted by Gasteiger charge is -2.14. The second-order valence-corrected chi connectivity index (χ2v) is 6.20. The van der Waals surface area contributed by atoms with E-state index in [-0.39, 0.29) is 11.5 Å². The van der Waals surface area contributed by atoms with Gasteiger partial charge in [-0.05, 0) is 6.42 Å². The molecule has 0 fully saturated rings. The predicted octanol–water partition coefficient (Wildman–Crippen LogP) is 4.05. The molecule has 0 bridgehead atoms. The van der Waals surface area contributed by atoms with Gasteiger partial charge < -0.3 is 5.11 Å². The van der Waals surface area contributed by atoms with E-state index in [2.05, 4.69) is 32.7 Å². The van der Waals surface area contributed by atoms with Crippen molar-refractivity contribution in [2.24, 2.45) is 0 Å². The van der Waals surface area contributed by atoms with Gasteiger partial charge in [0.1, 0.15) is 0 Å². The van der Waals surface area contributed by atoms with Gasteiger partial charge in [0.05, 0.1) is 16.8 Å². The lowest BCUT2D eigenvalue weighted by Crippen LogP contribution is -2.11. The number of aromatic nitrogens is 1. The van der Waals surface area contributed by atoms with Gasteiger partial charge >= 0.3 is 0 Å². The summed E-state index contributed by atoms with van der Waals surface area (Å²) < 4.78 is 0. The maximum atomic E-state index is 9.97. The van der Waals surface area contributed by atoms with Crippen LogP contribution in [-0.4, -0.2) is 10.1 Å². The zero-order valence-corrected chi connectivity index (χ0v) is 11.6. The lowest BCUT2D eigenvalue weighted by molar-refractivity contribution is 0.159. The molecule has 0 amide bonds. The largest absolute Gasteiger partial charge is 0.387 e. The molecule has 0 aliphatic carbocycles. The molecule has 0 aliphatic rings. The molecule has 0 saturated heterocycles. The van der Waals surface area contributed by atoms with Crippen molar-refractivity contribution in [1.29, 1.82) is 0 Å². The number of aliphatic hydroxyl groups excluding tert-OH is 1. The summed E-state index contributed by atoms with van der Waals surface area (Å²) in [6.45, 7) is 8.63. The van der Waals surface area contributed by atoms with Crippen molar-refractivity contribution < 1.29 is 5.11 Å². The standard InChI is InChI=1S/C13H23NOS/c1-5-6-7-8-11(15)10-9-16-12(14-10)13(2,3)4/h9,11,15H,5-8H2,1-4H3. The van der Waals surface area contributed by atoms with Crippen LogP contribution >= 0.6 is 11.3 Å². The molecule has 1 N–H and O–H groups in total. The normalized spacial score (nSPS) is 14.1. The van der Waals surface area contributed by atoms with Crippen LogP contribution in [0.4, 0.5) is 0 Å². The highest BCUT2D eigenvalue weighted by atomic mass is 32.1. The van der Waals surface area contributed by atoms with Crippen molar-refractivity contribution in [3.05, 3.63) is 16.1 Å². The van der Waals surface area contributed by atoms with Gasteiger partial charge in [0.2, 0.25) is 0 Å². The summed E-state index contributed by atoms with van der Waals surface area (Å²) in [6, 6.07) is 0. The quantitative estimate of drug-likeness (QED) is 0.789. The van der Waals surface area contributed by atoms with E-state index < -0.39 is 0 Å². The van der Waals surface area contributed by atoms with E-state index in [1.807, 2.05) is 5.38 Å². The summed E-state index contributed by atoms with van der Waals surface area (Å²) in [4.78, 5) is 4.53.